The van der Waals surface area contributed by atoms with E-state index in [2.05, 4.69) is 5.32 Å². The largest absolute Gasteiger partial charge is 0.351 e. The van der Waals surface area contributed by atoms with Crippen molar-refractivity contribution in [3.05, 3.63) is 57.8 Å². The molecule has 2 amide bonds. The molecule has 1 N–H and O–H groups in total. The summed E-state index contributed by atoms with van der Waals surface area (Å²) in [6.07, 6.45) is 7.47. The highest BCUT2D eigenvalue weighted by molar-refractivity contribution is 7.09. The van der Waals surface area contributed by atoms with E-state index in [9.17, 15) is 9.59 Å². The van der Waals surface area contributed by atoms with Crippen molar-refractivity contribution >= 4 is 23.2 Å². The number of benzene rings is 1. The van der Waals surface area contributed by atoms with Gasteiger partial charge in [-0.3, -0.25) is 9.59 Å². The Labute approximate surface area is 170 Å². The fourth-order valence-corrected chi connectivity index (χ4v) is 5.18. The molecule has 0 spiro atoms. The van der Waals surface area contributed by atoms with Gasteiger partial charge in [-0.05, 0) is 42.8 Å². The van der Waals surface area contributed by atoms with Crippen LogP contribution in [0.2, 0.25) is 0 Å². The van der Waals surface area contributed by atoms with Gasteiger partial charge in [-0.25, -0.2) is 0 Å². The summed E-state index contributed by atoms with van der Waals surface area (Å²) in [5.74, 6) is -0.0624. The Morgan fingerprint density at radius 3 is 2.61 bits per heavy atom. The number of rotatable bonds is 4. The minimum absolute atomic E-state index is 0.0150. The fraction of sp³-hybridized carbons (Fsp3) is 0.478. The summed E-state index contributed by atoms with van der Waals surface area (Å²) in [6, 6.07) is 11.9. The summed E-state index contributed by atoms with van der Waals surface area (Å²) in [5, 5.41) is 5.32. The molecule has 0 bridgehead atoms. The quantitative estimate of drug-likeness (QED) is 0.771. The molecule has 2 heterocycles. The lowest BCUT2D eigenvalue weighted by Gasteiger charge is -2.44. The predicted molar refractivity (Wildman–Crippen MR) is 112 cm³/mol. The van der Waals surface area contributed by atoms with Crippen LogP contribution in [0.5, 0.6) is 0 Å². The molecule has 4 rings (SSSR count). The van der Waals surface area contributed by atoms with Gasteiger partial charge >= 0.3 is 0 Å². The topological polar surface area (TPSA) is 49.4 Å². The Morgan fingerprint density at radius 2 is 1.89 bits per heavy atom. The minimum atomic E-state index is -0.873. The molecule has 1 saturated carbocycles. The first-order valence-electron chi connectivity index (χ1n) is 10.3. The number of nitrogens with zero attached hydrogens (tertiary/aromatic N) is 1. The number of carbonyl (C=O) groups is 2. The number of carbonyl (C=O) groups excluding carboxylic acids is 2. The molecule has 28 heavy (non-hydrogen) atoms. The van der Waals surface area contributed by atoms with Crippen LogP contribution < -0.4 is 5.32 Å². The van der Waals surface area contributed by atoms with Crippen molar-refractivity contribution in [3.8, 4) is 0 Å². The maximum absolute atomic E-state index is 13.5. The van der Waals surface area contributed by atoms with Gasteiger partial charge in [-0.1, -0.05) is 49.9 Å². The molecule has 1 aliphatic carbocycles. The highest BCUT2D eigenvalue weighted by Crippen LogP contribution is 2.34. The maximum Gasteiger partial charge on any atom is 0.255 e. The van der Waals surface area contributed by atoms with Crippen molar-refractivity contribution in [2.75, 3.05) is 0 Å². The van der Waals surface area contributed by atoms with Gasteiger partial charge < -0.3 is 10.2 Å². The average molecular weight is 397 g/mol. The van der Waals surface area contributed by atoms with E-state index in [1.165, 1.54) is 25.7 Å². The van der Waals surface area contributed by atoms with Crippen molar-refractivity contribution in [2.45, 2.75) is 70.0 Å². The molecule has 1 aliphatic heterocycles. The molecule has 1 aromatic heterocycles. The van der Waals surface area contributed by atoms with Crippen LogP contribution in [0, 0.1) is 0 Å². The Balaban J connectivity index is 1.64. The van der Waals surface area contributed by atoms with Gasteiger partial charge in [0.15, 0.2) is 0 Å². The Hall–Kier alpha value is -2.14. The smallest absolute Gasteiger partial charge is 0.255 e. The third kappa shape index (κ3) is 3.72. The van der Waals surface area contributed by atoms with Crippen molar-refractivity contribution < 1.29 is 9.59 Å². The lowest BCUT2D eigenvalue weighted by molar-refractivity contribution is -0.132. The molecule has 0 saturated heterocycles. The van der Waals surface area contributed by atoms with Crippen molar-refractivity contribution in [3.63, 3.8) is 0 Å². The Morgan fingerprint density at radius 1 is 1.14 bits per heavy atom. The molecule has 2 aliphatic rings. The number of hydrogen-bond acceptors (Lipinski definition) is 3. The standard InChI is InChI=1S/C23H28N2O2S/c1-23(22(27)24-18-10-4-2-3-5-11-18)15-17-9-6-7-13-20(17)21(26)25(23)16-19-12-8-14-28-19/h6-9,12-14,18H,2-5,10-11,15-16H2,1H3,(H,24,27)/t23-/m1/s1. The molecule has 1 fully saturated rings. The SMILES string of the molecule is C[C@]1(C(=O)NC2CCCCCC2)Cc2ccccc2C(=O)N1Cc1cccs1. The van der Waals surface area contributed by atoms with E-state index >= 15 is 0 Å². The first-order chi connectivity index (χ1) is 13.6. The summed E-state index contributed by atoms with van der Waals surface area (Å²) in [6.45, 7) is 2.40. The van der Waals surface area contributed by atoms with Crippen LogP contribution in [-0.4, -0.2) is 28.3 Å². The van der Waals surface area contributed by atoms with Gasteiger partial charge in [0.2, 0.25) is 5.91 Å². The zero-order valence-electron chi connectivity index (χ0n) is 16.4. The molecule has 1 atom stereocenters. The van der Waals surface area contributed by atoms with Gasteiger partial charge in [0.05, 0.1) is 6.54 Å². The van der Waals surface area contributed by atoms with Crippen molar-refractivity contribution in [2.24, 2.45) is 0 Å². The van der Waals surface area contributed by atoms with Gasteiger partial charge in [-0.15, -0.1) is 11.3 Å². The normalized spacial score (nSPS) is 23.2. The van der Waals surface area contributed by atoms with Crippen LogP contribution in [0.3, 0.4) is 0 Å². The van der Waals surface area contributed by atoms with E-state index in [0.717, 1.165) is 28.8 Å². The Bertz CT molecular complexity index is 840. The van der Waals surface area contributed by atoms with Gasteiger partial charge in [-0.2, -0.15) is 0 Å². The van der Waals surface area contributed by atoms with E-state index < -0.39 is 5.54 Å². The van der Waals surface area contributed by atoms with Crippen molar-refractivity contribution in [1.82, 2.24) is 10.2 Å². The molecule has 148 valence electrons. The van der Waals surface area contributed by atoms with Gasteiger partial charge in [0.1, 0.15) is 5.54 Å². The third-order valence-corrected chi connectivity index (χ3v) is 7.06. The summed E-state index contributed by atoms with van der Waals surface area (Å²) in [5.41, 5.74) is 0.814. The van der Waals surface area contributed by atoms with Crippen LogP contribution in [0.25, 0.3) is 0 Å². The molecule has 1 aromatic carbocycles. The lowest BCUT2D eigenvalue weighted by Crippen LogP contribution is -2.63. The minimum Gasteiger partial charge on any atom is -0.351 e. The monoisotopic (exact) mass is 396 g/mol. The summed E-state index contributed by atoms with van der Waals surface area (Å²) < 4.78 is 0. The van der Waals surface area contributed by atoms with E-state index in [4.69, 9.17) is 0 Å². The van der Waals surface area contributed by atoms with E-state index in [0.29, 0.717) is 13.0 Å². The third-order valence-electron chi connectivity index (χ3n) is 6.20. The lowest BCUT2D eigenvalue weighted by atomic mass is 9.82. The van der Waals surface area contributed by atoms with E-state index in [1.807, 2.05) is 48.7 Å². The zero-order valence-corrected chi connectivity index (χ0v) is 17.3. The molecule has 4 nitrogen and oxygen atoms in total. The number of amides is 2. The van der Waals surface area contributed by atoms with Crippen LogP contribution in [0.15, 0.2) is 41.8 Å². The van der Waals surface area contributed by atoms with Crippen LogP contribution >= 0.6 is 11.3 Å². The highest BCUT2D eigenvalue weighted by Gasteiger charge is 2.47. The number of thiophene rings is 1. The molecule has 5 heteroatoms. The molecular formula is C23H28N2O2S. The molecule has 0 unspecified atom stereocenters. The molecule has 2 aromatic rings. The van der Waals surface area contributed by atoms with Gasteiger partial charge in [0.25, 0.3) is 5.91 Å². The Kier molecular flexibility index (Phi) is 5.54. The second-order valence-electron chi connectivity index (χ2n) is 8.24. The second-order valence-corrected chi connectivity index (χ2v) is 9.27. The van der Waals surface area contributed by atoms with Crippen LogP contribution in [-0.2, 0) is 17.8 Å². The second kappa shape index (κ2) is 8.08. The van der Waals surface area contributed by atoms with E-state index in [1.54, 1.807) is 16.2 Å². The number of hydrogen-bond donors (Lipinski definition) is 1. The van der Waals surface area contributed by atoms with Gasteiger partial charge in [0, 0.05) is 22.9 Å². The maximum atomic E-state index is 13.5. The first kappa shape index (κ1) is 19.2. The molecule has 0 radical (unpaired) electrons. The molecular weight excluding hydrogens is 368 g/mol. The van der Waals surface area contributed by atoms with Crippen LogP contribution in [0.1, 0.15) is 66.2 Å². The summed E-state index contributed by atoms with van der Waals surface area (Å²) in [7, 11) is 0. The van der Waals surface area contributed by atoms with Crippen molar-refractivity contribution in [1.29, 1.82) is 0 Å². The average Bonchev–Trinajstić information content (AvgIpc) is 3.08. The first-order valence-corrected chi connectivity index (χ1v) is 11.2. The summed E-state index contributed by atoms with van der Waals surface area (Å²) >= 11 is 1.63. The van der Waals surface area contributed by atoms with E-state index in [-0.39, 0.29) is 17.9 Å². The predicted octanol–water partition coefficient (Wildman–Crippen LogP) is 4.54. The number of fused-ring (bicyclic) bond motifs is 1. The number of nitrogens with one attached hydrogen (secondary N) is 1. The zero-order chi connectivity index (χ0) is 19.6. The fourth-order valence-electron chi connectivity index (χ4n) is 4.49. The van der Waals surface area contributed by atoms with Crippen LogP contribution in [0.4, 0.5) is 0 Å². The highest BCUT2D eigenvalue weighted by atomic mass is 32.1. The summed E-state index contributed by atoms with van der Waals surface area (Å²) in [4.78, 5) is 29.7.